The van der Waals surface area contributed by atoms with E-state index < -0.39 is 0 Å². The number of hydrogen-bond acceptors (Lipinski definition) is 0. The summed E-state index contributed by atoms with van der Waals surface area (Å²) >= 11 is 0. The summed E-state index contributed by atoms with van der Waals surface area (Å²) in [6, 6.07) is 0. The van der Waals surface area contributed by atoms with Gasteiger partial charge in [-0.1, -0.05) is 30.4 Å². The van der Waals surface area contributed by atoms with Crippen LogP contribution >= 0.6 is 0 Å². The highest BCUT2D eigenvalue weighted by atomic mass is 14.4. The van der Waals surface area contributed by atoms with Crippen LogP contribution in [0.4, 0.5) is 0 Å². The summed E-state index contributed by atoms with van der Waals surface area (Å²) in [6.45, 7) is 3.86. The molecule has 0 fully saturated rings. The van der Waals surface area contributed by atoms with Crippen LogP contribution < -0.4 is 0 Å². The van der Waals surface area contributed by atoms with Gasteiger partial charge in [0.1, 0.15) is 0 Å². The van der Waals surface area contributed by atoms with E-state index in [1.807, 2.05) is 0 Å². The molecule has 17 heavy (non-hydrogen) atoms. The van der Waals surface area contributed by atoms with Gasteiger partial charge >= 0.3 is 0 Å². The summed E-state index contributed by atoms with van der Waals surface area (Å²) in [5.74, 6) is 0.658. The Kier molecular flexibility index (Phi) is 2.88. The Hall–Kier alpha value is -1.30. The van der Waals surface area contributed by atoms with Crippen molar-refractivity contribution in [2.45, 2.75) is 38.5 Å². The number of hydrogen-bond donors (Lipinski definition) is 0. The van der Waals surface area contributed by atoms with Crippen molar-refractivity contribution in [3.8, 4) is 0 Å². The smallest absolute Gasteiger partial charge is 0.00978 e. The third-order valence-electron chi connectivity index (χ3n) is 4.13. The summed E-state index contributed by atoms with van der Waals surface area (Å²) < 4.78 is 0. The molecule has 3 aliphatic rings. The van der Waals surface area contributed by atoms with Crippen LogP contribution in [0, 0.1) is 5.92 Å². The molecule has 0 nitrogen and oxygen atoms in total. The van der Waals surface area contributed by atoms with Crippen LogP contribution in [-0.4, -0.2) is 0 Å². The maximum Gasteiger partial charge on any atom is 0.00978 e. The Labute approximate surface area is 104 Å². The zero-order chi connectivity index (χ0) is 11.7. The molecular weight excluding hydrogens is 204 g/mol. The van der Waals surface area contributed by atoms with Gasteiger partial charge in [-0.15, -0.1) is 6.58 Å². The molecule has 1 atom stereocenters. The first-order valence-electron chi connectivity index (χ1n) is 6.83. The van der Waals surface area contributed by atoms with Crippen molar-refractivity contribution in [3.05, 3.63) is 59.3 Å². The van der Waals surface area contributed by atoms with Crippen molar-refractivity contribution in [1.82, 2.24) is 0 Å². The van der Waals surface area contributed by atoms with Gasteiger partial charge in [0.05, 0.1) is 0 Å². The third kappa shape index (κ3) is 1.76. The normalized spacial score (nSPS) is 26.2. The molecule has 3 rings (SSSR count). The fraction of sp³-hybridized carbons (Fsp3) is 0.412. The van der Waals surface area contributed by atoms with Gasteiger partial charge in [0, 0.05) is 5.92 Å². The lowest BCUT2D eigenvalue weighted by Gasteiger charge is -2.17. The zero-order valence-electron chi connectivity index (χ0n) is 10.4. The van der Waals surface area contributed by atoms with Crippen LogP contribution in [0.5, 0.6) is 0 Å². The van der Waals surface area contributed by atoms with E-state index in [2.05, 4.69) is 37.0 Å². The first-order chi connectivity index (χ1) is 8.42. The molecular formula is C17H20. The number of allylic oxidation sites excluding steroid dienone is 9. The van der Waals surface area contributed by atoms with E-state index in [0.29, 0.717) is 5.92 Å². The van der Waals surface area contributed by atoms with Crippen LogP contribution in [0.1, 0.15) is 38.5 Å². The SMILES string of the molecule is C=CCCC1C2=CCCC=C2C2=C1C=CCC2. The van der Waals surface area contributed by atoms with Crippen molar-refractivity contribution in [2.75, 3.05) is 0 Å². The Morgan fingerprint density at radius 3 is 3.00 bits per heavy atom. The molecule has 0 aromatic carbocycles. The highest BCUT2D eigenvalue weighted by molar-refractivity contribution is 5.63. The molecule has 0 aromatic rings. The summed E-state index contributed by atoms with van der Waals surface area (Å²) in [6.07, 6.45) is 19.0. The van der Waals surface area contributed by atoms with E-state index in [1.54, 1.807) is 22.3 Å². The monoisotopic (exact) mass is 224 g/mol. The van der Waals surface area contributed by atoms with E-state index in [1.165, 1.54) is 32.1 Å². The average molecular weight is 224 g/mol. The van der Waals surface area contributed by atoms with Crippen molar-refractivity contribution in [2.24, 2.45) is 5.92 Å². The van der Waals surface area contributed by atoms with Gasteiger partial charge in [0.15, 0.2) is 0 Å². The fourth-order valence-electron chi connectivity index (χ4n) is 3.38. The van der Waals surface area contributed by atoms with Crippen molar-refractivity contribution >= 4 is 0 Å². The molecule has 88 valence electrons. The lowest BCUT2D eigenvalue weighted by atomic mass is 9.87. The maximum absolute atomic E-state index is 3.86. The van der Waals surface area contributed by atoms with Gasteiger partial charge < -0.3 is 0 Å². The summed E-state index contributed by atoms with van der Waals surface area (Å²) in [7, 11) is 0. The van der Waals surface area contributed by atoms with E-state index in [4.69, 9.17) is 0 Å². The molecule has 0 radical (unpaired) electrons. The minimum Gasteiger partial charge on any atom is -0.103 e. The van der Waals surface area contributed by atoms with Crippen LogP contribution in [0.2, 0.25) is 0 Å². The quantitative estimate of drug-likeness (QED) is 0.600. The topological polar surface area (TPSA) is 0 Å². The Morgan fingerprint density at radius 1 is 1.24 bits per heavy atom. The van der Waals surface area contributed by atoms with Crippen LogP contribution in [0.25, 0.3) is 0 Å². The van der Waals surface area contributed by atoms with Crippen molar-refractivity contribution in [1.29, 1.82) is 0 Å². The molecule has 1 unspecified atom stereocenters. The van der Waals surface area contributed by atoms with E-state index >= 15 is 0 Å². The first kappa shape index (κ1) is 10.8. The first-order valence-corrected chi connectivity index (χ1v) is 6.83. The van der Waals surface area contributed by atoms with Crippen LogP contribution in [0.15, 0.2) is 59.3 Å². The molecule has 0 N–H and O–H groups in total. The van der Waals surface area contributed by atoms with Gasteiger partial charge in [-0.05, 0) is 60.8 Å². The maximum atomic E-state index is 3.86. The highest BCUT2D eigenvalue weighted by Crippen LogP contribution is 2.48. The minimum atomic E-state index is 0.658. The van der Waals surface area contributed by atoms with Crippen molar-refractivity contribution in [3.63, 3.8) is 0 Å². The molecule has 0 spiro atoms. The lowest BCUT2D eigenvalue weighted by molar-refractivity contribution is 0.675. The van der Waals surface area contributed by atoms with E-state index in [9.17, 15) is 0 Å². The van der Waals surface area contributed by atoms with E-state index in [-0.39, 0.29) is 0 Å². The second-order valence-corrected chi connectivity index (χ2v) is 5.15. The molecule has 0 aliphatic heterocycles. The molecule has 0 saturated carbocycles. The fourth-order valence-corrected chi connectivity index (χ4v) is 3.38. The largest absolute Gasteiger partial charge is 0.103 e. The van der Waals surface area contributed by atoms with Crippen molar-refractivity contribution < 1.29 is 0 Å². The second kappa shape index (κ2) is 4.52. The Bertz CT molecular complexity index is 454. The molecule has 0 aromatic heterocycles. The van der Waals surface area contributed by atoms with Gasteiger partial charge in [0.25, 0.3) is 0 Å². The predicted molar refractivity (Wildman–Crippen MR) is 73.7 cm³/mol. The average Bonchev–Trinajstić information content (AvgIpc) is 2.71. The standard InChI is InChI=1S/C17H20/c1-2-3-8-13-14-9-4-6-11-16(14)17-12-7-5-10-15(13)17/h2,4,9-10,12-13H,1,3,5-8,11H2. The van der Waals surface area contributed by atoms with Gasteiger partial charge in [-0.3, -0.25) is 0 Å². The van der Waals surface area contributed by atoms with Crippen LogP contribution in [-0.2, 0) is 0 Å². The molecule has 0 amide bonds. The Morgan fingerprint density at radius 2 is 2.12 bits per heavy atom. The molecule has 0 heteroatoms. The van der Waals surface area contributed by atoms with Gasteiger partial charge in [0.2, 0.25) is 0 Å². The molecule has 3 aliphatic carbocycles. The minimum absolute atomic E-state index is 0.658. The summed E-state index contributed by atoms with van der Waals surface area (Å²) in [4.78, 5) is 0. The third-order valence-corrected chi connectivity index (χ3v) is 4.13. The number of fused-ring (bicyclic) bond motifs is 2. The highest BCUT2D eigenvalue weighted by Gasteiger charge is 2.33. The molecule has 0 bridgehead atoms. The van der Waals surface area contributed by atoms with Gasteiger partial charge in [-0.25, -0.2) is 0 Å². The summed E-state index contributed by atoms with van der Waals surface area (Å²) in [5.41, 5.74) is 6.46. The second-order valence-electron chi connectivity index (χ2n) is 5.15. The van der Waals surface area contributed by atoms with E-state index in [0.717, 1.165) is 6.42 Å². The summed E-state index contributed by atoms with van der Waals surface area (Å²) in [5, 5.41) is 0. The lowest BCUT2D eigenvalue weighted by Crippen LogP contribution is -2.03. The molecule has 0 saturated heterocycles. The zero-order valence-corrected chi connectivity index (χ0v) is 10.4. The predicted octanol–water partition coefficient (Wildman–Crippen LogP) is 4.88. The number of rotatable bonds is 3. The van der Waals surface area contributed by atoms with Gasteiger partial charge in [-0.2, -0.15) is 0 Å². The molecule has 0 heterocycles. The Balaban J connectivity index is 1.99. The van der Waals surface area contributed by atoms with Crippen LogP contribution in [0.3, 0.4) is 0 Å².